The predicted molar refractivity (Wildman–Crippen MR) is 116 cm³/mol. The van der Waals surface area contributed by atoms with Gasteiger partial charge in [-0.15, -0.1) is 13.2 Å². The van der Waals surface area contributed by atoms with Crippen molar-refractivity contribution >= 4 is 22.8 Å². The fraction of sp³-hybridized carbons (Fsp3) is 0.286. The van der Waals surface area contributed by atoms with Crippen LogP contribution in [0.25, 0.3) is 0 Å². The molecular formula is C21H22F3N6O3. The fourth-order valence-corrected chi connectivity index (χ4v) is 3.88. The Hall–Kier alpha value is -3.32. The molecule has 3 heterocycles. The molecule has 0 spiro atoms. The topological polar surface area (TPSA) is 109 Å². The highest BCUT2D eigenvalue weighted by Gasteiger charge is 2.40. The van der Waals surface area contributed by atoms with Crippen molar-refractivity contribution in [1.82, 2.24) is 15.8 Å². The quantitative estimate of drug-likeness (QED) is 0.720. The van der Waals surface area contributed by atoms with Crippen LogP contribution in [0.4, 0.5) is 30.2 Å². The third-order valence-electron chi connectivity index (χ3n) is 5.34. The van der Waals surface area contributed by atoms with Gasteiger partial charge in [-0.2, -0.15) is 0 Å². The van der Waals surface area contributed by atoms with Gasteiger partial charge in [0, 0.05) is 32.7 Å². The average Bonchev–Trinajstić information content (AvgIpc) is 3.12. The van der Waals surface area contributed by atoms with E-state index >= 15 is 0 Å². The summed E-state index contributed by atoms with van der Waals surface area (Å²) >= 11 is 0. The number of aliphatic hydroxyl groups is 1. The van der Waals surface area contributed by atoms with Gasteiger partial charge in [0.05, 0.1) is 22.8 Å². The number of nitrogens with one attached hydrogen (secondary N) is 1. The zero-order valence-corrected chi connectivity index (χ0v) is 17.4. The van der Waals surface area contributed by atoms with E-state index in [9.17, 15) is 18.3 Å². The Morgan fingerprint density at radius 2 is 1.70 bits per heavy atom. The first-order valence-electron chi connectivity index (χ1n) is 10.1. The molecular weight excluding hydrogens is 441 g/mol. The summed E-state index contributed by atoms with van der Waals surface area (Å²) in [5, 5.41) is 17.3. The number of anilines is 2. The number of piperazine rings is 1. The number of alkyl halides is 3. The third kappa shape index (κ3) is 4.59. The Labute approximate surface area is 187 Å². The van der Waals surface area contributed by atoms with Gasteiger partial charge in [0.15, 0.2) is 0 Å². The van der Waals surface area contributed by atoms with Crippen molar-refractivity contribution in [1.29, 1.82) is 0 Å². The zero-order valence-electron chi connectivity index (χ0n) is 17.4. The van der Waals surface area contributed by atoms with Gasteiger partial charge in [-0.1, -0.05) is 12.1 Å². The Morgan fingerprint density at radius 3 is 2.39 bits per heavy atom. The molecule has 3 aliphatic heterocycles. The second-order valence-electron chi connectivity index (χ2n) is 7.50. The summed E-state index contributed by atoms with van der Waals surface area (Å²) in [4.78, 5) is 7.02. The standard InChI is InChI=1S/C21H20F3N6O2.H2O/c22-21(23,24)32-15-7-5-14(6-8-15)29-20(31)19-17(13-28-11-9-25-10-12-28)26-16-3-1-2-4-18(16)30(19)27-29;/h1-8,25,31H,9-13H2;1H2. The molecule has 5 rings (SSSR count). The lowest BCUT2D eigenvalue weighted by atomic mass is 10.1. The van der Waals surface area contributed by atoms with Crippen LogP contribution in [0, 0.1) is 0 Å². The van der Waals surface area contributed by atoms with Crippen molar-refractivity contribution in [3.63, 3.8) is 0 Å². The molecule has 0 aliphatic carbocycles. The lowest BCUT2D eigenvalue weighted by molar-refractivity contribution is -0.274. The van der Waals surface area contributed by atoms with Crippen molar-refractivity contribution < 1.29 is 28.5 Å². The normalized spacial score (nSPS) is 18.5. The lowest BCUT2D eigenvalue weighted by Gasteiger charge is -2.31. The van der Waals surface area contributed by atoms with E-state index in [-0.39, 0.29) is 17.1 Å². The maximum atomic E-state index is 12.5. The third-order valence-corrected chi connectivity index (χ3v) is 5.34. The predicted octanol–water partition coefficient (Wildman–Crippen LogP) is 2.24. The van der Waals surface area contributed by atoms with Crippen molar-refractivity contribution in [2.45, 2.75) is 6.36 Å². The number of hydrogen-bond acceptors (Lipinski definition) is 7. The highest BCUT2D eigenvalue weighted by atomic mass is 19.4. The molecule has 9 nitrogen and oxygen atoms in total. The highest BCUT2D eigenvalue weighted by molar-refractivity contribution is 6.10. The summed E-state index contributed by atoms with van der Waals surface area (Å²) in [5.74, 6) is -0.491. The Balaban J connectivity index is 0.00000259. The van der Waals surface area contributed by atoms with Crippen molar-refractivity contribution in [2.24, 2.45) is 4.99 Å². The minimum Gasteiger partial charge on any atom is -0.492 e. The van der Waals surface area contributed by atoms with Gasteiger partial charge < -0.3 is 20.6 Å². The molecule has 0 atom stereocenters. The second kappa shape index (κ2) is 8.90. The number of aliphatic hydroxyl groups excluding tert-OH is 1. The van der Waals surface area contributed by atoms with E-state index in [0.29, 0.717) is 29.3 Å². The number of hydrogen-bond donors (Lipinski definition) is 2. The first-order valence-corrected chi connectivity index (χ1v) is 10.1. The minimum absolute atomic E-state index is 0. The van der Waals surface area contributed by atoms with Gasteiger partial charge in [0.1, 0.15) is 11.4 Å². The molecule has 175 valence electrons. The Morgan fingerprint density at radius 1 is 1.00 bits per heavy atom. The van der Waals surface area contributed by atoms with Crippen LogP contribution in [0.5, 0.6) is 5.75 Å². The van der Waals surface area contributed by atoms with Crippen LogP contribution in [-0.4, -0.2) is 60.3 Å². The van der Waals surface area contributed by atoms with E-state index in [2.05, 4.69) is 20.5 Å². The van der Waals surface area contributed by atoms with E-state index in [1.165, 1.54) is 29.3 Å². The van der Waals surface area contributed by atoms with E-state index in [4.69, 9.17) is 4.99 Å². The van der Waals surface area contributed by atoms with Crippen LogP contribution in [0.3, 0.4) is 0 Å². The number of nitrogens with zero attached hydrogens (tertiary/aromatic N) is 5. The van der Waals surface area contributed by atoms with Gasteiger partial charge >= 0.3 is 6.36 Å². The molecule has 1 fully saturated rings. The molecule has 0 saturated carbocycles. The van der Waals surface area contributed by atoms with Crippen LogP contribution < -0.4 is 25.6 Å². The Kier molecular flexibility index (Phi) is 6.17. The summed E-state index contributed by atoms with van der Waals surface area (Å²) in [5.41, 5.74) is 7.47. The maximum Gasteiger partial charge on any atom is 0.573 e. The second-order valence-corrected chi connectivity index (χ2v) is 7.50. The van der Waals surface area contributed by atoms with Gasteiger partial charge in [0.25, 0.3) is 0 Å². The lowest BCUT2D eigenvalue weighted by Crippen LogP contribution is -2.47. The van der Waals surface area contributed by atoms with E-state index < -0.39 is 6.36 Å². The molecule has 1 radical (unpaired) electrons. The molecule has 0 aromatic heterocycles. The number of ether oxygens (including phenoxy) is 1. The molecule has 0 bridgehead atoms. The molecule has 0 unspecified atom stereocenters. The number of para-hydroxylation sites is 2. The molecule has 12 heteroatoms. The van der Waals surface area contributed by atoms with E-state index in [0.717, 1.165) is 31.9 Å². The first kappa shape index (κ1) is 22.9. The van der Waals surface area contributed by atoms with Crippen LogP contribution >= 0.6 is 0 Å². The molecule has 0 amide bonds. The summed E-state index contributed by atoms with van der Waals surface area (Å²) < 4.78 is 41.3. The van der Waals surface area contributed by atoms with Crippen molar-refractivity contribution in [3.05, 3.63) is 60.1 Å². The van der Waals surface area contributed by atoms with Gasteiger partial charge in [-0.25, -0.2) is 15.0 Å². The van der Waals surface area contributed by atoms with Crippen LogP contribution in [0.15, 0.2) is 65.1 Å². The SMILES string of the molecule is O.OC1=C2C(CN3CCNCC3)=Nc3ccccc3N2[N]N1c1ccc(OC(F)(F)F)cc1. The summed E-state index contributed by atoms with van der Waals surface area (Å²) in [6, 6.07) is 12.6. The minimum atomic E-state index is -4.77. The number of aliphatic imine (C=N–C) groups is 1. The van der Waals surface area contributed by atoms with Crippen molar-refractivity contribution in [2.75, 3.05) is 42.7 Å². The molecule has 2 aromatic rings. The number of halogens is 3. The molecule has 2 aromatic carbocycles. The van der Waals surface area contributed by atoms with Crippen LogP contribution in [0.1, 0.15) is 0 Å². The largest absolute Gasteiger partial charge is 0.573 e. The van der Waals surface area contributed by atoms with Gasteiger partial charge in [-0.05, 0) is 41.9 Å². The smallest absolute Gasteiger partial charge is 0.492 e. The molecule has 3 aliphatic rings. The van der Waals surface area contributed by atoms with Crippen molar-refractivity contribution in [3.8, 4) is 5.75 Å². The zero-order chi connectivity index (χ0) is 22.3. The summed E-state index contributed by atoms with van der Waals surface area (Å²) in [7, 11) is 0. The van der Waals surface area contributed by atoms with Gasteiger partial charge in [0.2, 0.25) is 5.88 Å². The van der Waals surface area contributed by atoms with E-state index in [1.54, 1.807) is 5.01 Å². The fourth-order valence-electron chi connectivity index (χ4n) is 3.88. The first-order chi connectivity index (χ1) is 15.4. The monoisotopic (exact) mass is 463 g/mol. The van der Waals surface area contributed by atoms with Gasteiger partial charge in [-0.3, -0.25) is 4.90 Å². The number of fused-ring (bicyclic) bond motifs is 3. The number of rotatable bonds is 4. The van der Waals surface area contributed by atoms with Crippen LogP contribution in [0.2, 0.25) is 0 Å². The van der Waals surface area contributed by atoms with E-state index in [1.807, 2.05) is 24.3 Å². The van der Waals surface area contributed by atoms with Crippen LogP contribution in [-0.2, 0) is 0 Å². The average molecular weight is 463 g/mol. The maximum absolute atomic E-state index is 12.5. The molecule has 33 heavy (non-hydrogen) atoms. The molecule has 4 N–H and O–H groups in total. The number of benzene rings is 2. The summed E-state index contributed by atoms with van der Waals surface area (Å²) in [6.07, 6.45) is -4.77. The summed E-state index contributed by atoms with van der Waals surface area (Å²) in [6.45, 7) is 4.00. The highest BCUT2D eigenvalue weighted by Crippen LogP contribution is 2.40. The Bertz CT molecular complexity index is 1070. The molecule has 1 saturated heterocycles.